The van der Waals surface area contributed by atoms with E-state index >= 15 is 0 Å². The van der Waals surface area contributed by atoms with E-state index in [0.29, 0.717) is 12.8 Å². The van der Waals surface area contributed by atoms with Crippen LogP contribution in [-0.2, 0) is 14.4 Å². The first-order chi connectivity index (χ1) is 11.4. The van der Waals surface area contributed by atoms with E-state index in [-0.39, 0.29) is 31.7 Å². The molecule has 8 heteroatoms. The zero-order valence-corrected chi connectivity index (χ0v) is 12.9. The second-order valence-electron chi connectivity index (χ2n) is 5.57. The maximum Gasteiger partial charge on any atom is 0.303 e. The van der Waals surface area contributed by atoms with Crippen LogP contribution in [0.15, 0.2) is 18.2 Å². The zero-order valence-electron chi connectivity index (χ0n) is 12.9. The molecule has 6 nitrogen and oxygen atoms in total. The monoisotopic (exact) mass is 340 g/mol. The molecule has 1 aliphatic heterocycles. The predicted octanol–water partition coefficient (Wildman–Crippen LogP) is 1.83. The summed E-state index contributed by atoms with van der Waals surface area (Å²) in [6.45, 7) is 0.112. The Bertz CT molecular complexity index is 631. The molecule has 0 radical (unpaired) electrons. The average Bonchev–Trinajstić information content (AvgIpc) is 2.85. The van der Waals surface area contributed by atoms with E-state index in [1.54, 1.807) is 0 Å². The Labute approximate surface area is 137 Å². The normalized spacial score (nSPS) is 17.2. The van der Waals surface area contributed by atoms with Gasteiger partial charge < -0.3 is 15.3 Å². The minimum atomic E-state index is -0.927. The van der Waals surface area contributed by atoms with Crippen molar-refractivity contribution in [2.45, 2.75) is 38.1 Å². The Morgan fingerprint density at radius 3 is 2.46 bits per heavy atom. The molecule has 0 saturated carbocycles. The number of carboxylic acids is 1. The number of benzene rings is 1. The maximum absolute atomic E-state index is 13.8. The number of anilines is 1. The smallest absolute Gasteiger partial charge is 0.303 e. The van der Waals surface area contributed by atoms with Gasteiger partial charge >= 0.3 is 5.97 Å². The van der Waals surface area contributed by atoms with E-state index in [0.717, 1.165) is 17.0 Å². The van der Waals surface area contributed by atoms with Gasteiger partial charge in [-0.2, -0.15) is 0 Å². The van der Waals surface area contributed by atoms with E-state index in [9.17, 15) is 23.2 Å². The zero-order chi connectivity index (χ0) is 17.7. The van der Waals surface area contributed by atoms with Gasteiger partial charge in [-0.1, -0.05) is 6.07 Å². The highest BCUT2D eigenvalue weighted by molar-refractivity contribution is 6.01. The summed E-state index contributed by atoms with van der Waals surface area (Å²) in [5.74, 6) is -3.52. The molecule has 1 aromatic rings. The maximum atomic E-state index is 13.8. The van der Waals surface area contributed by atoms with Crippen molar-refractivity contribution in [3.63, 3.8) is 0 Å². The predicted molar refractivity (Wildman–Crippen MR) is 81.4 cm³/mol. The van der Waals surface area contributed by atoms with Crippen LogP contribution in [0.5, 0.6) is 0 Å². The third-order valence-electron chi connectivity index (χ3n) is 3.79. The molecular formula is C16H18F2N2O4. The SMILES string of the molecule is O=C(O)CCCCC(=O)NC1CCN(c2c(F)cccc2F)C1=O. The van der Waals surface area contributed by atoms with Crippen LogP contribution in [0.25, 0.3) is 0 Å². The van der Waals surface area contributed by atoms with Gasteiger partial charge in [0.1, 0.15) is 23.4 Å². The largest absolute Gasteiger partial charge is 0.481 e. The highest BCUT2D eigenvalue weighted by Gasteiger charge is 2.36. The van der Waals surface area contributed by atoms with E-state index in [1.165, 1.54) is 6.07 Å². The van der Waals surface area contributed by atoms with Crippen molar-refractivity contribution >= 4 is 23.5 Å². The second-order valence-corrected chi connectivity index (χ2v) is 5.57. The van der Waals surface area contributed by atoms with Crippen LogP contribution < -0.4 is 10.2 Å². The van der Waals surface area contributed by atoms with E-state index in [4.69, 9.17) is 5.11 Å². The Kier molecular flexibility index (Phi) is 5.83. The number of aliphatic carboxylic acids is 1. The quantitative estimate of drug-likeness (QED) is 0.742. The minimum absolute atomic E-state index is 0.0179. The molecule has 2 amide bonds. The fraction of sp³-hybridized carbons (Fsp3) is 0.438. The molecule has 1 unspecified atom stereocenters. The first kappa shape index (κ1) is 17.8. The van der Waals surface area contributed by atoms with Crippen LogP contribution >= 0.6 is 0 Å². The number of nitrogens with one attached hydrogen (secondary N) is 1. The molecular weight excluding hydrogens is 322 g/mol. The van der Waals surface area contributed by atoms with E-state index in [2.05, 4.69) is 5.32 Å². The van der Waals surface area contributed by atoms with Crippen LogP contribution in [-0.4, -0.2) is 35.5 Å². The summed E-state index contributed by atoms with van der Waals surface area (Å²) in [7, 11) is 0. The highest BCUT2D eigenvalue weighted by Crippen LogP contribution is 2.27. The summed E-state index contributed by atoms with van der Waals surface area (Å²) in [6, 6.07) is 2.53. The Balaban J connectivity index is 1.90. The topological polar surface area (TPSA) is 86.7 Å². The van der Waals surface area contributed by atoms with Crippen molar-refractivity contribution in [1.29, 1.82) is 0 Å². The van der Waals surface area contributed by atoms with Gasteiger partial charge in [-0.25, -0.2) is 8.78 Å². The van der Waals surface area contributed by atoms with Crippen molar-refractivity contribution in [2.75, 3.05) is 11.4 Å². The van der Waals surface area contributed by atoms with Crippen LogP contribution in [0.1, 0.15) is 32.1 Å². The fourth-order valence-corrected chi connectivity index (χ4v) is 2.61. The van der Waals surface area contributed by atoms with Crippen molar-refractivity contribution in [1.82, 2.24) is 5.32 Å². The molecule has 130 valence electrons. The van der Waals surface area contributed by atoms with Gasteiger partial charge in [0.15, 0.2) is 0 Å². The second kappa shape index (κ2) is 7.85. The van der Waals surface area contributed by atoms with Crippen molar-refractivity contribution in [3.8, 4) is 0 Å². The number of rotatable bonds is 7. The summed E-state index contributed by atoms with van der Waals surface area (Å²) in [6.07, 6.45) is 1.10. The van der Waals surface area contributed by atoms with Gasteiger partial charge in [0, 0.05) is 19.4 Å². The lowest BCUT2D eigenvalue weighted by Crippen LogP contribution is -2.41. The molecule has 1 heterocycles. The number of nitrogens with zero attached hydrogens (tertiary/aromatic N) is 1. The molecule has 1 aromatic carbocycles. The number of carbonyl (C=O) groups is 3. The molecule has 2 N–H and O–H groups in total. The standard InChI is InChI=1S/C16H18F2N2O4/c17-10-4-3-5-11(18)15(10)20-9-8-12(16(20)24)19-13(21)6-1-2-7-14(22)23/h3-5,12H,1-2,6-9H2,(H,19,21)(H,22,23). The summed E-state index contributed by atoms with van der Waals surface area (Å²) in [5, 5.41) is 11.0. The van der Waals surface area contributed by atoms with Gasteiger partial charge in [-0.05, 0) is 31.4 Å². The molecule has 1 fully saturated rings. The minimum Gasteiger partial charge on any atom is -0.481 e. The number of hydrogen-bond donors (Lipinski definition) is 2. The van der Waals surface area contributed by atoms with Gasteiger partial charge in [0.2, 0.25) is 11.8 Å². The third-order valence-corrected chi connectivity index (χ3v) is 3.79. The number of amides is 2. The number of carbonyl (C=O) groups excluding carboxylic acids is 2. The number of unbranched alkanes of at least 4 members (excludes halogenated alkanes) is 1. The lowest BCUT2D eigenvalue weighted by Gasteiger charge is -2.18. The Morgan fingerprint density at radius 2 is 1.83 bits per heavy atom. The van der Waals surface area contributed by atoms with Gasteiger partial charge in [0.05, 0.1) is 0 Å². The lowest BCUT2D eigenvalue weighted by atomic mass is 10.1. The fourth-order valence-electron chi connectivity index (χ4n) is 2.61. The van der Waals surface area contributed by atoms with Crippen LogP contribution in [0.2, 0.25) is 0 Å². The van der Waals surface area contributed by atoms with Crippen LogP contribution in [0, 0.1) is 11.6 Å². The molecule has 0 spiro atoms. The average molecular weight is 340 g/mol. The third kappa shape index (κ3) is 4.27. The van der Waals surface area contributed by atoms with Gasteiger partial charge in [0.25, 0.3) is 0 Å². The molecule has 1 atom stereocenters. The van der Waals surface area contributed by atoms with E-state index < -0.39 is 35.2 Å². The van der Waals surface area contributed by atoms with Gasteiger partial charge in [-0.15, -0.1) is 0 Å². The number of para-hydroxylation sites is 1. The summed E-state index contributed by atoms with van der Waals surface area (Å²) in [4.78, 5) is 35.4. The molecule has 24 heavy (non-hydrogen) atoms. The van der Waals surface area contributed by atoms with Crippen molar-refractivity contribution in [2.24, 2.45) is 0 Å². The summed E-state index contributed by atoms with van der Waals surface area (Å²) in [5.41, 5.74) is -0.402. The molecule has 1 saturated heterocycles. The summed E-state index contributed by atoms with van der Waals surface area (Å²) >= 11 is 0. The van der Waals surface area contributed by atoms with Crippen molar-refractivity contribution in [3.05, 3.63) is 29.8 Å². The first-order valence-corrected chi connectivity index (χ1v) is 7.66. The van der Waals surface area contributed by atoms with Crippen LogP contribution in [0.3, 0.4) is 0 Å². The Hall–Kier alpha value is -2.51. The number of carboxylic acid groups (broad SMARTS) is 1. The number of halogens is 2. The molecule has 0 aromatic heterocycles. The van der Waals surface area contributed by atoms with E-state index in [1.807, 2.05) is 0 Å². The van der Waals surface area contributed by atoms with Crippen molar-refractivity contribution < 1.29 is 28.3 Å². The molecule has 1 aliphatic rings. The molecule has 2 rings (SSSR count). The highest BCUT2D eigenvalue weighted by atomic mass is 19.1. The lowest BCUT2D eigenvalue weighted by molar-refractivity contribution is -0.137. The number of hydrogen-bond acceptors (Lipinski definition) is 3. The summed E-state index contributed by atoms with van der Waals surface area (Å²) < 4.78 is 27.5. The molecule has 0 aliphatic carbocycles. The van der Waals surface area contributed by atoms with Gasteiger partial charge in [-0.3, -0.25) is 14.4 Å². The van der Waals surface area contributed by atoms with Crippen LogP contribution in [0.4, 0.5) is 14.5 Å². The first-order valence-electron chi connectivity index (χ1n) is 7.66. The molecule has 0 bridgehead atoms. The Morgan fingerprint density at radius 1 is 1.21 bits per heavy atom.